The van der Waals surface area contributed by atoms with Crippen LogP contribution in [0.2, 0.25) is 0 Å². The normalized spacial score (nSPS) is 48.2. The minimum Gasteiger partial charge on any atom is -0.385 e. The smallest absolute Gasteiger partial charge is 0.167 e. The molecular weight excluding hydrogens is 164 g/mol. The fraction of sp³-hybridized carbons (Fsp3) is 0.909. The van der Waals surface area contributed by atoms with Gasteiger partial charge < -0.3 is 5.11 Å². The highest BCUT2D eigenvalue weighted by atomic mass is 16.3. The lowest BCUT2D eigenvalue weighted by Gasteiger charge is -2.46. The largest absolute Gasteiger partial charge is 0.385 e. The van der Waals surface area contributed by atoms with Gasteiger partial charge in [-0.15, -0.1) is 0 Å². The molecule has 0 aromatic carbocycles. The Morgan fingerprint density at radius 3 is 2.62 bits per heavy atom. The molecule has 2 saturated carbocycles. The number of aliphatic hydroxyl groups is 1. The van der Waals surface area contributed by atoms with Gasteiger partial charge in [-0.1, -0.05) is 20.8 Å². The predicted molar refractivity (Wildman–Crippen MR) is 50.2 cm³/mol. The van der Waals surface area contributed by atoms with Crippen LogP contribution < -0.4 is 0 Å². The van der Waals surface area contributed by atoms with E-state index in [1.807, 2.05) is 6.92 Å². The Labute approximate surface area is 79.3 Å². The molecular formula is C11H18O2. The molecule has 2 aliphatic carbocycles. The molecule has 1 N–H and O–H groups in total. The lowest BCUT2D eigenvalue weighted by molar-refractivity contribution is -0.149. The van der Waals surface area contributed by atoms with E-state index in [0.29, 0.717) is 12.3 Å². The predicted octanol–water partition coefficient (Wildman–Crippen LogP) is 1.76. The summed E-state index contributed by atoms with van der Waals surface area (Å²) in [7, 11) is 0. The second-order valence-electron chi connectivity index (χ2n) is 5.41. The number of hydrogen-bond donors (Lipinski definition) is 1. The summed E-state index contributed by atoms with van der Waals surface area (Å²) in [6.45, 7) is 6.38. The lowest BCUT2D eigenvalue weighted by Crippen LogP contribution is -2.50. The van der Waals surface area contributed by atoms with Crippen molar-refractivity contribution in [2.45, 2.75) is 46.1 Å². The van der Waals surface area contributed by atoms with Gasteiger partial charge in [0.2, 0.25) is 0 Å². The molecule has 0 saturated heterocycles. The first kappa shape index (κ1) is 9.20. The molecule has 0 aromatic heterocycles. The Morgan fingerprint density at radius 2 is 2.00 bits per heavy atom. The first-order valence-electron chi connectivity index (χ1n) is 5.12. The highest BCUT2D eigenvalue weighted by Gasteiger charge is 2.60. The van der Waals surface area contributed by atoms with Crippen molar-refractivity contribution in [1.82, 2.24) is 0 Å². The van der Waals surface area contributed by atoms with Crippen LogP contribution in [-0.4, -0.2) is 17.0 Å². The van der Waals surface area contributed by atoms with Crippen LogP contribution in [0.15, 0.2) is 0 Å². The Balaban J connectivity index is 2.44. The standard InChI is InChI=1S/C11H18O2/c1-10(2)7-4-5-11(10,3)9(13)8(12)6-7/h7-8,12H,4-6H2,1-3H3/t7-,8-,11+/m0/s1. The van der Waals surface area contributed by atoms with Gasteiger partial charge in [-0.3, -0.25) is 4.79 Å². The number of rotatable bonds is 0. The molecule has 2 nitrogen and oxygen atoms in total. The van der Waals surface area contributed by atoms with Gasteiger partial charge >= 0.3 is 0 Å². The van der Waals surface area contributed by atoms with Crippen molar-refractivity contribution in [2.24, 2.45) is 16.7 Å². The topological polar surface area (TPSA) is 37.3 Å². The van der Waals surface area contributed by atoms with E-state index in [1.165, 1.54) is 0 Å². The van der Waals surface area contributed by atoms with Crippen molar-refractivity contribution < 1.29 is 9.90 Å². The average molecular weight is 182 g/mol. The number of carbonyl (C=O) groups is 1. The minimum absolute atomic E-state index is 0.0752. The molecule has 0 heterocycles. The summed E-state index contributed by atoms with van der Waals surface area (Å²) in [4.78, 5) is 11.9. The third-order valence-corrected chi connectivity index (χ3v) is 4.79. The van der Waals surface area contributed by atoms with Gasteiger partial charge in [0.1, 0.15) is 6.10 Å². The molecule has 0 spiro atoms. The molecule has 2 fully saturated rings. The molecule has 0 radical (unpaired) electrons. The SMILES string of the molecule is CC1(C)[C@H]2CC[C@]1(C)C(=O)[C@@H](O)C2. The molecule has 2 aliphatic rings. The van der Waals surface area contributed by atoms with Gasteiger partial charge in [0.05, 0.1) is 0 Å². The highest BCUT2D eigenvalue weighted by molar-refractivity contribution is 5.90. The highest BCUT2D eigenvalue weighted by Crippen LogP contribution is 2.61. The Bertz CT molecular complexity index is 257. The average Bonchev–Trinajstić information content (AvgIpc) is 2.18. The van der Waals surface area contributed by atoms with Gasteiger partial charge in [-0.2, -0.15) is 0 Å². The third-order valence-electron chi connectivity index (χ3n) is 4.79. The zero-order valence-corrected chi connectivity index (χ0v) is 8.63. The van der Waals surface area contributed by atoms with E-state index in [2.05, 4.69) is 13.8 Å². The van der Waals surface area contributed by atoms with Crippen LogP contribution in [0, 0.1) is 16.7 Å². The summed E-state index contributed by atoms with van der Waals surface area (Å²) >= 11 is 0. The molecule has 74 valence electrons. The maximum absolute atomic E-state index is 11.9. The molecule has 0 aliphatic heterocycles. The monoisotopic (exact) mass is 182 g/mol. The van der Waals surface area contributed by atoms with E-state index < -0.39 is 6.10 Å². The van der Waals surface area contributed by atoms with Crippen LogP contribution in [0.5, 0.6) is 0 Å². The van der Waals surface area contributed by atoms with Crippen molar-refractivity contribution in [3.8, 4) is 0 Å². The molecule has 3 atom stereocenters. The summed E-state index contributed by atoms with van der Waals surface area (Å²) in [5.41, 5.74) is -0.182. The summed E-state index contributed by atoms with van der Waals surface area (Å²) < 4.78 is 0. The lowest BCUT2D eigenvalue weighted by atomic mass is 9.58. The van der Waals surface area contributed by atoms with E-state index in [1.54, 1.807) is 0 Å². The quantitative estimate of drug-likeness (QED) is 0.620. The van der Waals surface area contributed by atoms with E-state index in [0.717, 1.165) is 12.8 Å². The second-order valence-corrected chi connectivity index (χ2v) is 5.41. The first-order chi connectivity index (χ1) is 5.89. The van der Waals surface area contributed by atoms with Crippen molar-refractivity contribution in [1.29, 1.82) is 0 Å². The van der Waals surface area contributed by atoms with E-state index in [4.69, 9.17) is 0 Å². The number of ketones is 1. The van der Waals surface area contributed by atoms with Crippen LogP contribution >= 0.6 is 0 Å². The van der Waals surface area contributed by atoms with Crippen LogP contribution in [0.4, 0.5) is 0 Å². The van der Waals surface area contributed by atoms with Gasteiger partial charge in [0.25, 0.3) is 0 Å². The Hall–Kier alpha value is -0.370. The zero-order valence-electron chi connectivity index (χ0n) is 8.63. The maximum Gasteiger partial charge on any atom is 0.167 e. The molecule has 2 bridgehead atoms. The van der Waals surface area contributed by atoms with Gasteiger partial charge in [0, 0.05) is 5.41 Å². The van der Waals surface area contributed by atoms with Crippen LogP contribution in [-0.2, 0) is 4.79 Å². The summed E-state index contributed by atoms with van der Waals surface area (Å²) in [5, 5.41) is 9.61. The Kier molecular flexibility index (Phi) is 1.66. The fourth-order valence-electron chi connectivity index (χ4n) is 3.19. The molecule has 13 heavy (non-hydrogen) atoms. The Morgan fingerprint density at radius 1 is 1.38 bits per heavy atom. The summed E-state index contributed by atoms with van der Waals surface area (Å²) in [6.07, 6.45) is 2.05. The van der Waals surface area contributed by atoms with Crippen LogP contribution in [0.3, 0.4) is 0 Å². The van der Waals surface area contributed by atoms with Gasteiger partial charge in [-0.25, -0.2) is 0 Å². The molecule has 0 unspecified atom stereocenters. The van der Waals surface area contributed by atoms with Gasteiger partial charge in [-0.05, 0) is 30.6 Å². The summed E-state index contributed by atoms with van der Waals surface area (Å²) in [5.74, 6) is 0.608. The number of aliphatic hydroxyl groups excluding tert-OH is 1. The third kappa shape index (κ3) is 0.899. The second kappa shape index (κ2) is 2.35. The van der Waals surface area contributed by atoms with Crippen molar-refractivity contribution in [3.05, 3.63) is 0 Å². The van der Waals surface area contributed by atoms with E-state index in [9.17, 15) is 9.90 Å². The minimum atomic E-state index is -0.689. The van der Waals surface area contributed by atoms with Crippen LogP contribution in [0.1, 0.15) is 40.0 Å². The van der Waals surface area contributed by atoms with Crippen LogP contribution in [0.25, 0.3) is 0 Å². The summed E-state index contributed by atoms with van der Waals surface area (Å²) in [6, 6.07) is 0. The number of fused-ring (bicyclic) bond motifs is 2. The molecule has 2 rings (SSSR count). The number of hydrogen-bond acceptors (Lipinski definition) is 2. The van der Waals surface area contributed by atoms with E-state index >= 15 is 0 Å². The van der Waals surface area contributed by atoms with E-state index in [-0.39, 0.29) is 16.6 Å². The molecule has 0 amide bonds. The zero-order chi connectivity index (χ0) is 9.85. The fourth-order valence-corrected chi connectivity index (χ4v) is 3.19. The maximum atomic E-state index is 11.9. The van der Waals surface area contributed by atoms with Crippen molar-refractivity contribution in [2.75, 3.05) is 0 Å². The number of Topliss-reactive ketones (excluding diaryl/α,β-unsaturated/α-hetero) is 1. The molecule has 0 aromatic rings. The first-order valence-corrected chi connectivity index (χ1v) is 5.12. The van der Waals surface area contributed by atoms with Gasteiger partial charge in [0.15, 0.2) is 5.78 Å². The number of carbonyl (C=O) groups excluding carboxylic acids is 1. The van der Waals surface area contributed by atoms with Crippen molar-refractivity contribution in [3.63, 3.8) is 0 Å². The molecule has 2 heteroatoms. The van der Waals surface area contributed by atoms with Crippen molar-refractivity contribution >= 4 is 5.78 Å².